The summed E-state index contributed by atoms with van der Waals surface area (Å²) >= 11 is 0. The van der Waals surface area contributed by atoms with Gasteiger partial charge in [0, 0.05) is 45.6 Å². The van der Waals surface area contributed by atoms with Gasteiger partial charge in [0.05, 0.1) is 5.69 Å². The van der Waals surface area contributed by atoms with E-state index in [4.69, 9.17) is 0 Å². The van der Waals surface area contributed by atoms with E-state index in [1.807, 2.05) is 0 Å². The topological polar surface area (TPSA) is 65.5 Å². The zero-order valence-corrected chi connectivity index (χ0v) is 12.2. The minimum absolute atomic E-state index is 0.252. The zero-order valence-electron chi connectivity index (χ0n) is 11.3. The van der Waals surface area contributed by atoms with Crippen molar-refractivity contribution in [3.63, 3.8) is 0 Å². The number of sulfonamides is 1. The molecule has 0 bridgehead atoms. The predicted molar refractivity (Wildman–Crippen MR) is 74.7 cm³/mol. The van der Waals surface area contributed by atoms with Crippen LogP contribution in [0.4, 0.5) is 5.69 Å². The predicted octanol–water partition coefficient (Wildman–Crippen LogP) is 0.449. The Hall–Kier alpha value is -1.18. The fourth-order valence-electron chi connectivity index (χ4n) is 2.22. The molecule has 1 fully saturated rings. The molecule has 1 aliphatic rings. The molecule has 0 unspecified atom stereocenters. The summed E-state index contributed by atoms with van der Waals surface area (Å²) in [6.07, 6.45) is 2.99. The van der Waals surface area contributed by atoms with Crippen LogP contribution in [0.5, 0.6) is 0 Å². The molecule has 2 rings (SSSR count). The van der Waals surface area contributed by atoms with Crippen LogP contribution in [-0.2, 0) is 10.0 Å². The number of nitrogens with zero attached hydrogens (tertiary/aromatic N) is 3. The van der Waals surface area contributed by atoms with E-state index in [1.54, 1.807) is 19.3 Å². The van der Waals surface area contributed by atoms with Gasteiger partial charge in [-0.25, -0.2) is 8.42 Å². The summed E-state index contributed by atoms with van der Waals surface area (Å²) in [4.78, 5) is 6.43. The fraction of sp³-hybridized carbons (Fsp3) is 0.583. The molecule has 1 aliphatic heterocycles. The molecule has 0 amide bonds. The molecule has 7 heteroatoms. The Morgan fingerprint density at radius 3 is 2.58 bits per heavy atom. The third-order valence-corrected chi connectivity index (χ3v) is 5.38. The van der Waals surface area contributed by atoms with Crippen LogP contribution in [0.2, 0.25) is 0 Å². The summed E-state index contributed by atoms with van der Waals surface area (Å²) < 4.78 is 26.7. The third-order valence-electron chi connectivity index (χ3n) is 3.45. The molecule has 2 heterocycles. The van der Waals surface area contributed by atoms with Crippen LogP contribution in [-0.4, -0.2) is 62.4 Å². The molecule has 0 spiro atoms. The first-order chi connectivity index (χ1) is 9.09. The van der Waals surface area contributed by atoms with E-state index in [0.29, 0.717) is 18.8 Å². The van der Waals surface area contributed by atoms with Crippen molar-refractivity contribution in [2.24, 2.45) is 0 Å². The van der Waals surface area contributed by atoms with Crippen LogP contribution in [0.1, 0.15) is 6.92 Å². The van der Waals surface area contributed by atoms with Gasteiger partial charge in [0.25, 0.3) is 0 Å². The van der Waals surface area contributed by atoms with Crippen molar-refractivity contribution in [1.82, 2.24) is 14.2 Å². The Bertz CT molecular complexity index is 524. The molecular formula is C12H20N4O2S. The van der Waals surface area contributed by atoms with Gasteiger partial charge in [-0.2, -0.15) is 4.31 Å². The summed E-state index contributed by atoms with van der Waals surface area (Å²) in [7, 11) is -1.74. The Morgan fingerprint density at radius 1 is 1.32 bits per heavy atom. The number of rotatable bonds is 4. The number of likely N-dealkylation sites (N-methyl/N-ethyl adjacent to an activating group) is 1. The van der Waals surface area contributed by atoms with Crippen LogP contribution >= 0.6 is 0 Å². The third kappa shape index (κ3) is 2.88. The van der Waals surface area contributed by atoms with E-state index < -0.39 is 10.0 Å². The summed E-state index contributed by atoms with van der Waals surface area (Å²) in [5, 5.41) is 2.90. The molecule has 106 valence electrons. The smallest absolute Gasteiger partial charge is 0.246 e. The first-order valence-corrected chi connectivity index (χ1v) is 7.88. The number of hydrogen-bond donors (Lipinski definition) is 1. The highest BCUT2D eigenvalue weighted by Crippen LogP contribution is 2.23. The average Bonchev–Trinajstić information content (AvgIpc) is 2.47. The summed E-state index contributed by atoms with van der Waals surface area (Å²) in [5.74, 6) is 0. The second kappa shape index (κ2) is 5.85. The Labute approximate surface area is 114 Å². The standard InChI is InChI=1S/C12H20N4O2S/c1-3-15-6-8-16(9-7-15)19(17,18)12-10-14-5-4-11(12)13-2/h4-5,10H,3,6-9H2,1-2H3,(H,13,14). The lowest BCUT2D eigenvalue weighted by molar-refractivity contribution is 0.196. The van der Waals surface area contributed by atoms with Crippen molar-refractivity contribution in [3.8, 4) is 0 Å². The van der Waals surface area contributed by atoms with Crippen molar-refractivity contribution >= 4 is 15.7 Å². The van der Waals surface area contributed by atoms with Crippen LogP contribution in [0.15, 0.2) is 23.4 Å². The van der Waals surface area contributed by atoms with Gasteiger partial charge in [-0.1, -0.05) is 6.92 Å². The molecule has 0 atom stereocenters. The molecule has 1 aromatic heterocycles. The summed E-state index contributed by atoms with van der Waals surface area (Å²) in [6, 6.07) is 1.68. The number of piperazine rings is 1. The molecule has 1 N–H and O–H groups in total. The number of hydrogen-bond acceptors (Lipinski definition) is 5. The van der Waals surface area contributed by atoms with Gasteiger partial charge in [-0.3, -0.25) is 4.98 Å². The summed E-state index contributed by atoms with van der Waals surface area (Å²) in [5.41, 5.74) is 0.591. The molecule has 0 saturated carbocycles. The minimum Gasteiger partial charge on any atom is -0.387 e. The molecule has 6 nitrogen and oxygen atoms in total. The summed E-state index contributed by atoms with van der Waals surface area (Å²) in [6.45, 7) is 5.69. The van der Waals surface area contributed by atoms with Gasteiger partial charge in [0.15, 0.2) is 0 Å². The maximum atomic E-state index is 12.6. The molecule has 1 aromatic rings. The van der Waals surface area contributed by atoms with E-state index in [0.717, 1.165) is 19.6 Å². The van der Waals surface area contributed by atoms with E-state index in [1.165, 1.54) is 10.5 Å². The van der Waals surface area contributed by atoms with Crippen LogP contribution in [0.25, 0.3) is 0 Å². The molecule has 1 saturated heterocycles. The maximum Gasteiger partial charge on any atom is 0.246 e. The normalized spacial score (nSPS) is 18.4. The Morgan fingerprint density at radius 2 is 2.00 bits per heavy atom. The van der Waals surface area contributed by atoms with Crippen molar-refractivity contribution in [2.75, 3.05) is 45.1 Å². The van der Waals surface area contributed by atoms with Crippen LogP contribution in [0, 0.1) is 0 Å². The van der Waals surface area contributed by atoms with Gasteiger partial charge < -0.3 is 10.2 Å². The van der Waals surface area contributed by atoms with Gasteiger partial charge in [0.1, 0.15) is 4.90 Å². The lowest BCUT2D eigenvalue weighted by Gasteiger charge is -2.33. The molecule has 19 heavy (non-hydrogen) atoms. The lowest BCUT2D eigenvalue weighted by atomic mass is 10.4. The van der Waals surface area contributed by atoms with E-state index in [-0.39, 0.29) is 4.90 Å². The zero-order chi connectivity index (χ0) is 13.9. The van der Waals surface area contributed by atoms with Gasteiger partial charge >= 0.3 is 0 Å². The van der Waals surface area contributed by atoms with Gasteiger partial charge in [0.2, 0.25) is 10.0 Å². The van der Waals surface area contributed by atoms with E-state index in [2.05, 4.69) is 22.1 Å². The molecular weight excluding hydrogens is 264 g/mol. The van der Waals surface area contributed by atoms with Crippen molar-refractivity contribution in [1.29, 1.82) is 0 Å². The number of pyridine rings is 1. The lowest BCUT2D eigenvalue weighted by Crippen LogP contribution is -2.48. The number of aromatic nitrogens is 1. The first-order valence-electron chi connectivity index (χ1n) is 6.44. The maximum absolute atomic E-state index is 12.6. The quantitative estimate of drug-likeness (QED) is 0.869. The molecule has 0 aliphatic carbocycles. The van der Waals surface area contributed by atoms with Crippen LogP contribution < -0.4 is 5.32 Å². The SMILES string of the molecule is CCN1CCN(S(=O)(=O)c2cnccc2NC)CC1. The highest BCUT2D eigenvalue weighted by Gasteiger charge is 2.29. The van der Waals surface area contributed by atoms with Gasteiger partial charge in [-0.05, 0) is 12.6 Å². The molecule has 0 aromatic carbocycles. The monoisotopic (exact) mass is 284 g/mol. The van der Waals surface area contributed by atoms with E-state index >= 15 is 0 Å². The largest absolute Gasteiger partial charge is 0.387 e. The van der Waals surface area contributed by atoms with Crippen molar-refractivity contribution < 1.29 is 8.42 Å². The molecule has 0 radical (unpaired) electrons. The number of nitrogens with one attached hydrogen (secondary N) is 1. The second-order valence-corrected chi connectivity index (χ2v) is 6.37. The Balaban J connectivity index is 2.23. The van der Waals surface area contributed by atoms with Crippen molar-refractivity contribution in [3.05, 3.63) is 18.5 Å². The first kappa shape index (κ1) is 14.2. The van der Waals surface area contributed by atoms with E-state index in [9.17, 15) is 8.42 Å². The highest BCUT2D eigenvalue weighted by molar-refractivity contribution is 7.89. The van der Waals surface area contributed by atoms with Crippen molar-refractivity contribution in [2.45, 2.75) is 11.8 Å². The van der Waals surface area contributed by atoms with Crippen LogP contribution in [0.3, 0.4) is 0 Å². The minimum atomic E-state index is -3.45. The second-order valence-electron chi connectivity index (χ2n) is 4.46. The highest BCUT2D eigenvalue weighted by atomic mass is 32.2. The van der Waals surface area contributed by atoms with Gasteiger partial charge in [-0.15, -0.1) is 0 Å². The number of anilines is 1. The Kier molecular flexibility index (Phi) is 4.38. The fourth-order valence-corrected chi connectivity index (χ4v) is 3.78. The average molecular weight is 284 g/mol.